The molecule has 0 spiro atoms. The number of benzene rings is 2. The molecule has 2 N–H and O–H groups in total. The van der Waals surface area contributed by atoms with Crippen molar-refractivity contribution in [2.45, 2.75) is 25.3 Å². The van der Waals surface area contributed by atoms with E-state index < -0.39 is 10.0 Å². The lowest BCUT2D eigenvalue weighted by molar-refractivity contribution is 0.521. The number of anilines is 2. The molecule has 0 saturated carbocycles. The molecule has 130 valence electrons. The van der Waals surface area contributed by atoms with Crippen molar-refractivity contribution in [2.75, 3.05) is 31.3 Å². The largest absolute Gasteiger partial charge is 0.384 e. The molecule has 0 amide bonds. The van der Waals surface area contributed by atoms with Crippen LogP contribution in [0.15, 0.2) is 47.4 Å². The van der Waals surface area contributed by atoms with Crippen LogP contribution in [0.2, 0.25) is 0 Å². The third-order valence-corrected chi connectivity index (χ3v) is 5.51. The first-order chi connectivity index (χ1) is 11.3. The van der Waals surface area contributed by atoms with Crippen LogP contribution in [0.25, 0.3) is 0 Å². The minimum Gasteiger partial charge on any atom is -0.384 e. The fraction of sp³-hybridized carbons (Fsp3) is 0.333. The van der Waals surface area contributed by atoms with Gasteiger partial charge in [-0.15, -0.1) is 0 Å². The molecule has 0 saturated heterocycles. The molecule has 0 aliphatic rings. The summed E-state index contributed by atoms with van der Waals surface area (Å²) in [6, 6.07) is 13.3. The van der Waals surface area contributed by atoms with Crippen molar-refractivity contribution in [1.82, 2.24) is 4.31 Å². The Bertz CT molecular complexity index is 802. The van der Waals surface area contributed by atoms with Crippen LogP contribution in [0.3, 0.4) is 0 Å². The van der Waals surface area contributed by atoms with E-state index in [-0.39, 0.29) is 4.90 Å². The number of rotatable bonds is 7. The van der Waals surface area contributed by atoms with Gasteiger partial charge in [-0.2, -0.15) is 0 Å². The lowest BCUT2D eigenvalue weighted by Gasteiger charge is -2.17. The van der Waals surface area contributed by atoms with Gasteiger partial charge in [0.1, 0.15) is 0 Å². The average molecular weight is 347 g/mol. The average Bonchev–Trinajstić information content (AvgIpc) is 2.54. The molecule has 0 bridgehead atoms. The van der Waals surface area contributed by atoms with Crippen molar-refractivity contribution in [3.05, 3.63) is 53.6 Å². The van der Waals surface area contributed by atoms with E-state index in [0.29, 0.717) is 6.54 Å². The van der Waals surface area contributed by atoms with E-state index in [9.17, 15) is 8.42 Å². The highest BCUT2D eigenvalue weighted by atomic mass is 32.2. The molecule has 2 aromatic carbocycles. The number of nitrogens with one attached hydrogen (secondary N) is 2. The Kier molecular flexibility index (Phi) is 5.85. The Labute approximate surface area is 144 Å². The summed E-state index contributed by atoms with van der Waals surface area (Å²) in [5, 5.41) is 6.61. The van der Waals surface area contributed by atoms with Crippen LogP contribution in [0, 0.1) is 6.92 Å². The first kappa shape index (κ1) is 18.3. The normalized spacial score (nSPS) is 11.5. The molecule has 6 heteroatoms. The van der Waals surface area contributed by atoms with Gasteiger partial charge in [-0.05, 0) is 37.6 Å². The van der Waals surface area contributed by atoms with E-state index in [1.54, 1.807) is 18.2 Å². The van der Waals surface area contributed by atoms with Gasteiger partial charge in [-0.1, -0.05) is 29.8 Å². The summed E-state index contributed by atoms with van der Waals surface area (Å²) in [5.74, 6) is 0. The quantitative estimate of drug-likeness (QED) is 0.807. The zero-order valence-corrected chi connectivity index (χ0v) is 15.4. The van der Waals surface area contributed by atoms with Crippen LogP contribution >= 0.6 is 0 Å². The molecule has 0 atom stereocenters. The zero-order valence-electron chi connectivity index (χ0n) is 14.6. The van der Waals surface area contributed by atoms with Gasteiger partial charge < -0.3 is 10.6 Å². The lowest BCUT2D eigenvalue weighted by Crippen LogP contribution is -2.22. The van der Waals surface area contributed by atoms with Crippen LogP contribution in [-0.2, 0) is 16.6 Å². The van der Waals surface area contributed by atoms with Crippen molar-refractivity contribution < 1.29 is 8.42 Å². The lowest BCUT2D eigenvalue weighted by atomic mass is 10.1. The summed E-state index contributed by atoms with van der Waals surface area (Å²) in [6.07, 6.45) is 0. The molecule has 2 rings (SSSR count). The van der Waals surface area contributed by atoms with E-state index in [2.05, 4.69) is 29.7 Å². The molecule has 0 aliphatic carbocycles. The second-order valence-electron chi connectivity index (χ2n) is 5.87. The topological polar surface area (TPSA) is 61.4 Å². The summed E-state index contributed by atoms with van der Waals surface area (Å²) in [4.78, 5) is 0.279. The van der Waals surface area contributed by atoms with E-state index in [1.807, 2.05) is 19.1 Å². The smallest absolute Gasteiger partial charge is 0.242 e. The summed E-state index contributed by atoms with van der Waals surface area (Å²) >= 11 is 0. The number of sulfonamides is 1. The first-order valence-corrected chi connectivity index (χ1v) is 9.38. The number of nitrogens with zero attached hydrogens (tertiary/aromatic N) is 1. The molecule has 24 heavy (non-hydrogen) atoms. The van der Waals surface area contributed by atoms with Crippen LogP contribution in [0.5, 0.6) is 0 Å². The minimum atomic E-state index is -3.46. The molecular formula is C18H25N3O2S. The van der Waals surface area contributed by atoms with Crippen molar-refractivity contribution in [3.63, 3.8) is 0 Å². The first-order valence-electron chi connectivity index (χ1n) is 7.94. The molecule has 0 aromatic heterocycles. The maximum atomic E-state index is 12.3. The summed E-state index contributed by atoms with van der Waals surface area (Å²) < 4.78 is 25.9. The van der Waals surface area contributed by atoms with Crippen molar-refractivity contribution in [3.8, 4) is 0 Å². The predicted molar refractivity (Wildman–Crippen MR) is 100.0 cm³/mol. The van der Waals surface area contributed by atoms with E-state index in [1.165, 1.54) is 24.0 Å². The Morgan fingerprint density at radius 3 is 2.38 bits per heavy atom. The highest BCUT2D eigenvalue weighted by molar-refractivity contribution is 7.89. The van der Waals surface area contributed by atoms with Crippen molar-refractivity contribution >= 4 is 21.4 Å². The third kappa shape index (κ3) is 4.27. The highest BCUT2D eigenvalue weighted by Gasteiger charge is 2.18. The van der Waals surface area contributed by atoms with Gasteiger partial charge in [0.05, 0.1) is 16.3 Å². The second kappa shape index (κ2) is 7.68. The van der Waals surface area contributed by atoms with E-state index in [4.69, 9.17) is 0 Å². The SMILES string of the molecule is CCNc1ccc(S(=O)(=O)N(C)C)cc1NCc1cccc(C)c1. The fourth-order valence-corrected chi connectivity index (χ4v) is 3.33. The van der Waals surface area contributed by atoms with Gasteiger partial charge in [0.15, 0.2) is 0 Å². The van der Waals surface area contributed by atoms with Gasteiger partial charge in [-0.3, -0.25) is 0 Å². The molecule has 0 fully saturated rings. The predicted octanol–water partition coefficient (Wildman–Crippen LogP) is 3.29. The van der Waals surface area contributed by atoms with Crippen LogP contribution in [0.1, 0.15) is 18.1 Å². The molecule has 2 aromatic rings. The van der Waals surface area contributed by atoms with Crippen molar-refractivity contribution in [1.29, 1.82) is 0 Å². The monoisotopic (exact) mass is 347 g/mol. The van der Waals surface area contributed by atoms with Crippen molar-refractivity contribution in [2.24, 2.45) is 0 Å². The number of hydrogen-bond donors (Lipinski definition) is 2. The van der Waals surface area contributed by atoms with Crippen LogP contribution in [0.4, 0.5) is 11.4 Å². The maximum Gasteiger partial charge on any atom is 0.242 e. The third-order valence-electron chi connectivity index (χ3n) is 3.70. The molecule has 0 radical (unpaired) electrons. The van der Waals surface area contributed by atoms with Gasteiger partial charge >= 0.3 is 0 Å². The Balaban J connectivity index is 2.31. The Hall–Kier alpha value is -2.05. The minimum absolute atomic E-state index is 0.279. The van der Waals surface area contributed by atoms with Gasteiger partial charge in [0.2, 0.25) is 10.0 Å². The van der Waals surface area contributed by atoms with E-state index in [0.717, 1.165) is 23.5 Å². The summed E-state index contributed by atoms with van der Waals surface area (Å²) in [6.45, 7) is 5.46. The Morgan fingerprint density at radius 1 is 1.00 bits per heavy atom. The number of aryl methyl sites for hydroxylation is 1. The summed E-state index contributed by atoms with van der Waals surface area (Å²) in [5.41, 5.74) is 4.02. The highest BCUT2D eigenvalue weighted by Crippen LogP contribution is 2.27. The van der Waals surface area contributed by atoms with Crippen LogP contribution < -0.4 is 10.6 Å². The second-order valence-corrected chi connectivity index (χ2v) is 8.02. The fourth-order valence-electron chi connectivity index (χ4n) is 2.40. The zero-order chi connectivity index (χ0) is 17.7. The molecule has 0 aliphatic heterocycles. The van der Waals surface area contributed by atoms with Crippen LogP contribution in [-0.4, -0.2) is 33.4 Å². The summed E-state index contributed by atoms with van der Waals surface area (Å²) in [7, 11) is -0.385. The molecule has 0 heterocycles. The van der Waals surface area contributed by atoms with Gasteiger partial charge in [-0.25, -0.2) is 12.7 Å². The Morgan fingerprint density at radius 2 is 1.75 bits per heavy atom. The maximum absolute atomic E-state index is 12.3. The molecule has 0 unspecified atom stereocenters. The standard InChI is InChI=1S/C18H25N3O2S/c1-5-19-17-10-9-16(24(22,23)21(3)4)12-18(17)20-13-15-8-6-7-14(2)11-15/h6-12,19-20H,5,13H2,1-4H3. The molecular weight excluding hydrogens is 322 g/mol. The van der Waals surface area contributed by atoms with E-state index >= 15 is 0 Å². The molecule has 5 nitrogen and oxygen atoms in total. The number of hydrogen-bond acceptors (Lipinski definition) is 4. The van der Waals surface area contributed by atoms with Gasteiger partial charge in [0, 0.05) is 27.2 Å². The van der Waals surface area contributed by atoms with Gasteiger partial charge in [0.25, 0.3) is 0 Å².